The maximum atomic E-state index is 12.6. The summed E-state index contributed by atoms with van der Waals surface area (Å²) in [7, 11) is 2.76. The number of nitrogens with zero attached hydrogens (tertiary/aromatic N) is 2. The third kappa shape index (κ3) is 14.1. The number of isocyanates is 1. The fraction of sp³-hybridized carbons (Fsp3) is 0.351. The van der Waals surface area contributed by atoms with Gasteiger partial charge in [-0.05, 0) is 72.9 Å². The summed E-state index contributed by atoms with van der Waals surface area (Å²) in [5, 5.41) is 13.9. The van der Waals surface area contributed by atoms with Crippen molar-refractivity contribution in [1.82, 2.24) is 0 Å². The molecule has 2 amide bonds. The quantitative estimate of drug-likeness (QED) is 0.0571. The molecule has 0 radical (unpaired) electrons. The van der Waals surface area contributed by atoms with Gasteiger partial charge in [0.2, 0.25) is 6.08 Å². The van der Waals surface area contributed by atoms with Crippen LogP contribution < -0.4 is 15.4 Å². The third-order valence-electron chi connectivity index (χ3n) is 7.59. The van der Waals surface area contributed by atoms with Crippen LogP contribution >= 0.6 is 0 Å². The van der Waals surface area contributed by atoms with E-state index < -0.39 is 36.3 Å². The highest BCUT2D eigenvalue weighted by Crippen LogP contribution is 2.23. The van der Waals surface area contributed by atoms with E-state index in [1.165, 1.54) is 26.4 Å². The molecule has 2 unspecified atom stereocenters. The predicted octanol–water partition coefficient (Wildman–Crippen LogP) is 5.14. The lowest BCUT2D eigenvalue weighted by Gasteiger charge is -2.17. The van der Waals surface area contributed by atoms with Gasteiger partial charge in [0.25, 0.3) is 6.26 Å². The number of methoxy groups -OCH3 is 2. The number of anilines is 2. The smallest absolute Gasteiger partial charge is 0.411 e. The van der Waals surface area contributed by atoms with Crippen LogP contribution in [0.3, 0.4) is 0 Å². The van der Waals surface area contributed by atoms with Crippen molar-refractivity contribution in [3.63, 3.8) is 0 Å². The second kappa shape index (κ2) is 21.2. The molecule has 3 aromatic rings. The van der Waals surface area contributed by atoms with Crippen molar-refractivity contribution in [3.05, 3.63) is 82.4 Å². The first kappa shape index (κ1) is 41.2. The molecular formula is C37H40N4O12. The van der Waals surface area contributed by atoms with Gasteiger partial charge in [-0.1, -0.05) is 30.3 Å². The number of nitrogens with one attached hydrogen (secondary N) is 2. The molecule has 0 spiro atoms. The zero-order valence-corrected chi connectivity index (χ0v) is 29.9. The Labute approximate surface area is 305 Å². The van der Waals surface area contributed by atoms with Crippen LogP contribution in [0.15, 0.2) is 59.6 Å². The van der Waals surface area contributed by atoms with E-state index in [1.54, 1.807) is 75.6 Å². The molecule has 0 heterocycles. The molecule has 2 atom stereocenters. The molecule has 0 aliphatic rings. The first-order valence-electron chi connectivity index (χ1n) is 16.1. The highest BCUT2D eigenvalue weighted by atomic mass is 16.6. The number of rotatable bonds is 18. The average molecular weight is 733 g/mol. The van der Waals surface area contributed by atoms with Crippen LogP contribution in [-0.4, -0.2) is 83.1 Å². The van der Waals surface area contributed by atoms with Gasteiger partial charge < -0.3 is 33.2 Å². The summed E-state index contributed by atoms with van der Waals surface area (Å²) >= 11 is 0. The van der Waals surface area contributed by atoms with Crippen molar-refractivity contribution in [3.8, 4) is 12.0 Å². The molecular weight excluding hydrogens is 692 g/mol. The van der Waals surface area contributed by atoms with Crippen LogP contribution in [0.2, 0.25) is 0 Å². The molecule has 3 rings (SSSR count). The Morgan fingerprint density at radius 3 is 1.79 bits per heavy atom. The number of aliphatic imine (C=N–C) groups is 1. The Morgan fingerprint density at radius 2 is 1.23 bits per heavy atom. The van der Waals surface area contributed by atoms with Crippen LogP contribution in [0.25, 0.3) is 0 Å². The largest absolute Gasteiger partial charge is 0.463 e. The average Bonchev–Trinajstić information content (AvgIpc) is 3.13. The monoisotopic (exact) mass is 732 g/mol. The number of carbonyl (C=O) groups excluding carboxylic acids is 5. The lowest BCUT2D eigenvalue weighted by atomic mass is 10.1. The summed E-state index contributed by atoms with van der Waals surface area (Å²) in [6.07, 6.45) is -0.231. The molecule has 280 valence electrons. The first-order valence-corrected chi connectivity index (χ1v) is 16.1. The highest BCUT2D eigenvalue weighted by molar-refractivity contribution is 5.86. The van der Waals surface area contributed by atoms with Crippen LogP contribution in [0.4, 0.5) is 26.7 Å². The topological polar surface area (TPSA) is 210 Å². The molecule has 3 aromatic carbocycles. The van der Waals surface area contributed by atoms with E-state index in [-0.39, 0.29) is 39.3 Å². The number of ether oxygens (including phenoxy) is 7. The molecule has 0 saturated carbocycles. The first-order chi connectivity index (χ1) is 25.4. The summed E-state index contributed by atoms with van der Waals surface area (Å²) in [4.78, 5) is 64.0. The zero-order valence-electron chi connectivity index (χ0n) is 29.9. The number of benzene rings is 3. The SMILES string of the molecule is COC(COC(=O)Cc1ccc(C)c(NC(=O)OCC(COC(=O)Nc2ccc(C)c(N=C=O)c2)OC)c1)COC(=O)Cc1ccc(C)c(OC#N)c1. The Kier molecular flexibility index (Phi) is 16.4. The lowest BCUT2D eigenvalue weighted by molar-refractivity contribution is -0.152. The zero-order chi connectivity index (χ0) is 38.8. The van der Waals surface area contributed by atoms with Crippen LogP contribution in [0.1, 0.15) is 27.8 Å². The van der Waals surface area contributed by atoms with Crippen molar-refractivity contribution >= 4 is 47.3 Å². The summed E-state index contributed by atoms with van der Waals surface area (Å²) in [5.74, 6) is -0.773. The number of esters is 2. The van der Waals surface area contributed by atoms with E-state index in [0.29, 0.717) is 39.5 Å². The minimum atomic E-state index is -0.807. The molecule has 0 aromatic heterocycles. The second-order valence-electron chi connectivity index (χ2n) is 11.5. The molecule has 0 bridgehead atoms. The fourth-order valence-corrected chi connectivity index (χ4v) is 4.50. The number of hydrogen-bond acceptors (Lipinski definition) is 14. The van der Waals surface area contributed by atoms with Crippen molar-refractivity contribution < 1.29 is 57.1 Å². The molecule has 16 nitrogen and oxygen atoms in total. The van der Waals surface area contributed by atoms with Crippen LogP contribution in [-0.2, 0) is 55.6 Å². The van der Waals surface area contributed by atoms with Gasteiger partial charge >= 0.3 is 24.1 Å². The predicted molar refractivity (Wildman–Crippen MR) is 188 cm³/mol. The number of nitriles is 1. The van der Waals surface area contributed by atoms with Crippen molar-refractivity contribution in [2.24, 2.45) is 4.99 Å². The van der Waals surface area contributed by atoms with Gasteiger partial charge in [-0.25, -0.2) is 14.4 Å². The maximum Gasteiger partial charge on any atom is 0.411 e. The molecule has 16 heteroatoms. The van der Waals surface area contributed by atoms with Crippen LogP contribution in [0.5, 0.6) is 5.75 Å². The fourth-order valence-electron chi connectivity index (χ4n) is 4.50. The van der Waals surface area contributed by atoms with Crippen molar-refractivity contribution in [2.75, 3.05) is 51.3 Å². The summed E-state index contributed by atoms with van der Waals surface area (Å²) in [6.45, 7) is 4.46. The minimum Gasteiger partial charge on any atom is -0.463 e. The van der Waals surface area contributed by atoms with E-state index in [9.17, 15) is 24.0 Å². The van der Waals surface area contributed by atoms with Gasteiger partial charge in [-0.2, -0.15) is 4.99 Å². The van der Waals surface area contributed by atoms with E-state index in [1.807, 2.05) is 0 Å². The summed E-state index contributed by atoms with van der Waals surface area (Å²) in [5.41, 5.74) is 4.39. The maximum absolute atomic E-state index is 12.6. The van der Waals surface area contributed by atoms with Crippen LogP contribution in [0, 0.1) is 32.3 Å². The second-order valence-corrected chi connectivity index (χ2v) is 11.5. The molecule has 0 saturated heterocycles. The molecule has 0 aliphatic heterocycles. The van der Waals surface area contributed by atoms with Gasteiger partial charge in [0.15, 0.2) is 0 Å². The van der Waals surface area contributed by atoms with Gasteiger partial charge in [0, 0.05) is 25.6 Å². The minimum absolute atomic E-state index is 0.0617. The van der Waals surface area contributed by atoms with Gasteiger partial charge in [0.1, 0.15) is 44.4 Å². The van der Waals surface area contributed by atoms with E-state index in [2.05, 4.69) is 15.6 Å². The molecule has 53 heavy (non-hydrogen) atoms. The normalized spacial score (nSPS) is 11.5. The summed E-state index contributed by atoms with van der Waals surface area (Å²) < 4.78 is 36.5. The van der Waals surface area contributed by atoms with E-state index in [0.717, 1.165) is 11.1 Å². The van der Waals surface area contributed by atoms with Crippen molar-refractivity contribution in [2.45, 2.75) is 45.8 Å². The Balaban J connectivity index is 1.42. The Morgan fingerprint density at radius 1 is 0.698 bits per heavy atom. The number of carbonyl (C=O) groups is 4. The Bertz CT molecular complexity index is 1850. The molecule has 0 aliphatic carbocycles. The third-order valence-corrected chi connectivity index (χ3v) is 7.59. The number of hydrogen-bond donors (Lipinski definition) is 2. The molecule has 0 fully saturated rings. The highest BCUT2D eigenvalue weighted by Gasteiger charge is 2.18. The van der Waals surface area contributed by atoms with E-state index in [4.69, 9.17) is 38.4 Å². The van der Waals surface area contributed by atoms with E-state index >= 15 is 0 Å². The number of aryl methyl sites for hydroxylation is 3. The lowest BCUT2D eigenvalue weighted by Crippen LogP contribution is -2.30. The number of amides is 2. The van der Waals surface area contributed by atoms with Gasteiger partial charge in [-0.3, -0.25) is 20.2 Å². The van der Waals surface area contributed by atoms with Gasteiger partial charge in [0.05, 0.1) is 18.5 Å². The summed E-state index contributed by atoms with van der Waals surface area (Å²) in [6, 6.07) is 14.8. The Hall–Kier alpha value is -6.27. The molecule has 2 N–H and O–H groups in total. The van der Waals surface area contributed by atoms with Gasteiger partial charge in [-0.15, -0.1) is 5.26 Å². The standard InChI is InChI=1S/C37H40N4O12/c1-23-8-11-28(16-31(23)39-22-42)40-36(45)51-19-30(48-5)20-52-37(46)41-32-12-26(9-6-24(32)2)14-34(43)49-17-29(47-4)18-50-35(44)15-27-10-7-25(3)33(13-27)53-21-38/h6-13,16,29-30H,14-15,17-20H2,1-5H3,(H,40,45)(H,41,46). The van der Waals surface area contributed by atoms with Crippen molar-refractivity contribution in [1.29, 1.82) is 5.26 Å².